The van der Waals surface area contributed by atoms with Crippen LogP contribution in [0.3, 0.4) is 0 Å². The summed E-state index contributed by atoms with van der Waals surface area (Å²) in [6.45, 7) is 3.81. The molecular weight excluding hydrogens is 472 g/mol. The second-order valence-electron chi connectivity index (χ2n) is 6.67. The van der Waals surface area contributed by atoms with Gasteiger partial charge < -0.3 is 9.84 Å². The molecule has 1 heterocycles. The highest BCUT2D eigenvalue weighted by Gasteiger charge is 2.34. The number of carbonyl (C=O) groups is 3. The standard InChI is InChI=1S/C21H17BrN2O5S/c1-11(2)29-17-7-6-12(9-16(17)22)8-15-18(25)23-21(30)24(19(15)26)14-5-3-4-13(10-14)20(27)28/h3-11H,1-2H3,(H,27,28)(H,23,25,30). The van der Waals surface area contributed by atoms with Gasteiger partial charge in [-0.3, -0.25) is 19.8 Å². The monoisotopic (exact) mass is 488 g/mol. The van der Waals surface area contributed by atoms with Crippen LogP contribution < -0.4 is 15.0 Å². The molecule has 0 radical (unpaired) electrons. The predicted molar refractivity (Wildman–Crippen MR) is 120 cm³/mol. The number of carboxylic acids is 1. The molecule has 0 bridgehead atoms. The smallest absolute Gasteiger partial charge is 0.335 e. The molecule has 1 fully saturated rings. The van der Waals surface area contributed by atoms with Gasteiger partial charge in [0, 0.05) is 0 Å². The number of amides is 2. The Bertz CT molecular complexity index is 1100. The zero-order chi connectivity index (χ0) is 22.0. The van der Waals surface area contributed by atoms with Gasteiger partial charge in [-0.1, -0.05) is 12.1 Å². The molecule has 2 aromatic carbocycles. The summed E-state index contributed by atoms with van der Waals surface area (Å²) < 4.78 is 6.34. The lowest BCUT2D eigenvalue weighted by molar-refractivity contribution is -0.122. The summed E-state index contributed by atoms with van der Waals surface area (Å²) >= 11 is 8.57. The van der Waals surface area contributed by atoms with Crippen molar-refractivity contribution in [3.63, 3.8) is 0 Å². The van der Waals surface area contributed by atoms with E-state index in [2.05, 4.69) is 21.2 Å². The Labute approximate surface area is 186 Å². The third-order valence-corrected chi connectivity index (χ3v) is 4.99. The maximum atomic E-state index is 13.1. The first kappa shape index (κ1) is 21.7. The number of rotatable bonds is 5. The first-order chi connectivity index (χ1) is 14.2. The normalized spacial score (nSPS) is 15.5. The molecular formula is C21H17BrN2O5S. The van der Waals surface area contributed by atoms with E-state index in [1.807, 2.05) is 13.8 Å². The molecule has 0 aromatic heterocycles. The van der Waals surface area contributed by atoms with Crippen molar-refractivity contribution >= 4 is 62.8 Å². The second-order valence-corrected chi connectivity index (χ2v) is 7.91. The van der Waals surface area contributed by atoms with E-state index >= 15 is 0 Å². The lowest BCUT2D eigenvalue weighted by Crippen LogP contribution is -2.54. The van der Waals surface area contributed by atoms with Crippen molar-refractivity contribution in [2.24, 2.45) is 0 Å². The summed E-state index contributed by atoms with van der Waals surface area (Å²) in [5.41, 5.74) is 0.713. The molecule has 2 N–H and O–H groups in total. The lowest BCUT2D eigenvalue weighted by atomic mass is 10.1. The van der Waals surface area contributed by atoms with Crippen molar-refractivity contribution in [3.8, 4) is 5.75 Å². The number of ether oxygens (including phenoxy) is 1. The molecule has 30 heavy (non-hydrogen) atoms. The topological polar surface area (TPSA) is 95.9 Å². The minimum atomic E-state index is -1.14. The molecule has 154 valence electrons. The molecule has 0 spiro atoms. The molecule has 7 nitrogen and oxygen atoms in total. The van der Waals surface area contributed by atoms with Gasteiger partial charge in [-0.15, -0.1) is 0 Å². The van der Waals surface area contributed by atoms with Gasteiger partial charge in [-0.2, -0.15) is 0 Å². The molecule has 0 atom stereocenters. The number of nitrogens with one attached hydrogen (secondary N) is 1. The Kier molecular flexibility index (Phi) is 6.33. The summed E-state index contributed by atoms with van der Waals surface area (Å²) in [6, 6.07) is 10.9. The Morgan fingerprint density at radius 3 is 2.60 bits per heavy atom. The molecule has 1 saturated heterocycles. The van der Waals surface area contributed by atoms with Crippen LogP contribution in [0.4, 0.5) is 5.69 Å². The first-order valence-corrected chi connectivity index (χ1v) is 10.1. The first-order valence-electron chi connectivity index (χ1n) is 8.88. The quantitative estimate of drug-likeness (QED) is 0.377. The van der Waals surface area contributed by atoms with Crippen molar-refractivity contribution in [3.05, 3.63) is 63.6 Å². The van der Waals surface area contributed by atoms with E-state index < -0.39 is 17.8 Å². The van der Waals surface area contributed by atoms with Crippen LogP contribution in [0, 0.1) is 0 Å². The van der Waals surface area contributed by atoms with Crippen LogP contribution in [-0.4, -0.2) is 34.1 Å². The van der Waals surface area contributed by atoms with Gasteiger partial charge in [0.05, 0.1) is 21.8 Å². The number of nitrogens with zero attached hydrogens (tertiary/aromatic N) is 1. The number of halogens is 1. The van der Waals surface area contributed by atoms with Crippen LogP contribution in [0.2, 0.25) is 0 Å². The number of carboxylic acid groups (broad SMARTS) is 1. The third-order valence-electron chi connectivity index (χ3n) is 4.08. The Morgan fingerprint density at radius 1 is 1.23 bits per heavy atom. The van der Waals surface area contributed by atoms with E-state index in [1.54, 1.807) is 24.3 Å². The summed E-state index contributed by atoms with van der Waals surface area (Å²) in [7, 11) is 0. The summed E-state index contributed by atoms with van der Waals surface area (Å²) in [6.07, 6.45) is 1.43. The van der Waals surface area contributed by atoms with Gasteiger partial charge in [0.2, 0.25) is 0 Å². The average molecular weight is 489 g/mol. The molecule has 0 unspecified atom stereocenters. The number of anilines is 1. The SMILES string of the molecule is CC(C)Oc1ccc(C=C2C(=O)NC(=S)N(c3cccc(C(=O)O)c3)C2=O)cc1Br. The van der Waals surface area contributed by atoms with Crippen LogP contribution in [0.1, 0.15) is 29.8 Å². The zero-order valence-corrected chi connectivity index (χ0v) is 18.4. The number of hydrogen-bond donors (Lipinski definition) is 2. The van der Waals surface area contributed by atoms with Crippen LogP contribution in [0.15, 0.2) is 52.5 Å². The van der Waals surface area contributed by atoms with Crippen LogP contribution in [0.5, 0.6) is 5.75 Å². The van der Waals surface area contributed by atoms with Crippen LogP contribution in [-0.2, 0) is 9.59 Å². The molecule has 0 saturated carbocycles. The van der Waals surface area contributed by atoms with E-state index in [0.29, 0.717) is 15.8 Å². The summed E-state index contributed by atoms with van der Waals surface area (Å²) in [4.78, 5) is 37.8. The molecule has 2 amide bonds. The Morgan fingerprint density at radius 2 is 1.97 bits per heavy atom. The van der Waals surface area contributed by atoms with Gasteiger partial charge in [0.1, 0.15) is 11.3 Å². The predicted octanol–water partition coefficient (Wildman–Crippen LogP) is 3.77. The molecule has 0 aliphatic carbocycles. The molecule has 1 aliphatic rings. The maximum Gasteiger partial charge on any atom is 0.335 e. The van der Waals surface area contributed by atoms with Crippen molar-refractivity contribution in [2.75, 3.05) is 4.90 Å². The zero-order valence-electron chi connectivity index (χ0n) is 16.0. The number of carbonyl (C=O) groups excluding carboxylic acids is 2. The molecule has 1 aliphatic heterocycles. The van der Waals surface area contributed by atoms with Crippen LogP contribution >= 0.6 is 28.1 Å². The number of thiocarbonyl (C=S) groups is 1. The minimum Gasteiger partial charge on any atom is -0.490 e. The number of benzene rings is 2. The summed E-state index contributed by atoms with van der Waals surface area (Å²) in [5.74, 6) is -1.78. The third kappa shape index (κ3) is 4.58. The highest BCUT2D eigenvalue weighted by atomic mass is 79.9. The number of hydrogen-bond acceptors (Lipinski definition) is 5. The van der Waals surface area contributed by atoms with Crippen molar-refractivity contribution < 1.29 is 24.2 Å². The van der Waals surface area contributed by atoms with Crippen molar-refractivity contribution in [1.29, 1.82) is 0 Å². The van der Waals surface area contributed by atoms with Gasteiger partial charge in [-0.05, 0) is 84.0 Å². The fourth-order valence-electron chi connectivity index (χ4n) is 2.79. The van der Waals surface area contributed by atoms with Crippen molar-refractivity contribution in [2.45, 2.75) is 20.0 Å². The van der Waals surface area contributed by atoms with E-state index in [1.165, 1.54) is 24.3 Å². The minimum absolute atomic E-state index is 0.00444. The molecule has 3 rings (SSSR count). The van der Waals surface area contributed by atoms with E-state index in [0.717, 1.165) is 4.90 Å². The summed E-state index contributed by atoms with van der Waals surface area (Å²) in [5, 5.41) is 11.6. The maximum absolute atomic E-state index is 13.1. The van der Waals surface area contributed by atoms with Gasteiger partial charge >= 0.3 is 5.97 Å². The fourth-order valence-corrected chi connectivity index (χ4v) is 3.56. The Balaban J connectivity index is 1.97. The van der Waals surface area contributed by atoms with Gasteiger partial charge in [0.25, 0.3) is 11.8 Å². The highest BCUT2D eigenvalue weighted by Crippen LogP contribution is 2.29. The van der Waals surface area contributed by atoms with E-state index in [-0.39, 0.29) is 28.0 Å². The average Bonchev–Trinajstić information content (AvgIpc) is 2.67. The largest absolute Gasteiger partial charge is 0.490 e. The van der Waals surface area contributed by atoms with Crippen LogP contribution in [0.25, 0.3) is 6.08 Å². The molecule has 9 heteroatoms. The fraction of sp³-hybridized carbons (Fsp3) is 0.143. The second kappa shape index (κ2) is 8.76. The van der Waals surface area contributed by atoms with Gasteiger partial charge in [0.15, 0.2) is 5.11 Å². The molecule has 2 aromatic rings. The Hall–Kier alpha value is -3.04. The highest BCUT2D eigenvalue weighted by molar-refractivity contribution is 9.10. The lowest BCUT2D eigenvalue weighted by Gasteiger charge is -2.29. The van der Waals surface area contributed by atoms with E-state index in [9.17, 15) is 19.5 Å². The van der Waals surface area contributed by atoms with E-state index in [4.69, 9.17) is 17.0 Å². The number of aromatic carboxylic acids is 1. The van der Waals surface area contributed by atoms with Gasteiger partial charge in [-0.25, -0.2) is 4.79 Å². The van der Waals surface area contributed by atoms with Crippen molar-refractivity contribution in [1.82, 2.24) is 5.32 Å².